The number of nitrogens with one attached hydrogen (secondary N) is 1. The molecule has 1 N–H and O–H groups in total. The molecule has 0 aliphatic heterocycles. The summed E-state index contributed by atoms with van der Waals surface area (Å²) in [5.41, 5.74) is 2.81. The average molecular weight is 566 g/mol. The molecule has 9 heteroatoms. The Bertz CT molecular complexity index is 1420. The first kappa shape index (κ1) is 29.3. The smallest absolute Gasteiger partial charge is 0.264 e. The maximum Gasteiger partial charge on any atom is 0.264 e. The molecule has 1 saturated carbocycles. The third-order valence-corrected chi connectivity index (χ3v) is 9.13. The summed E-state index contributed by atoms with van der Waals surface area (Å²) in [6.45, 7) is 4.90. The van der Waals surface area contributed by atoms with Crippen molar-refractivity contribution in [3.8, 4) is 0 Å². The van der Waals surface area contributed by atoms with Gasteiger partial charge in [0, 0.05) is 12.6 Å². The topological polar surface area (TPSA) is 86.8 Å². The summed E-state index contributed by atoms with van der Waals surface area (Å²) >= 11 is 0. The number of hydrogen-bond donors (Lipinski definition) is 1. The van der Waals surface area contributed by atoms with E-state index in [1.807, 2.05) is 13.8 Å². The highest BCUT2D eigenvalue weighted by Crippen LogP contribution is 2.25. The number of aryl methyl sites for hydroxylation is 2. The number of carbonyl (C=O) groups is 2. The number of anilines is 1. The molecule has 7 nitrogen and oxygen atoms in total. The SMILES string of the molecule is Cc1ccc(N(CC(=O)N(Cc2ccc(F)cc2)[C@H](C)C(=O)NC2CCCC2)S(=O)(=O)c2ccc(C)cc2)cc1. The van der Waals surface area contributed by atoms with Gasteiger partial charge in [-0.05, 0) is 75.6 Å². The van der Waals surface area contributed by atoms with Crippen molar-refractivity contribution in [2.24, 2.45) is 0 Å². The lowest BCUT2D eigenvalue weighted by Crippen LogP contribution is -2.52. The van der Waals surface area contributed by atoms with Crippen molar-refractivity contribution in [3.63, 3.8) is 0 Å². The molecule has 1 aliphatic carbocycles. The summed E-state index contributed by atoms with van der Waals surface area (Å²) in [7, 11) is -4.12. The first-order valence-corrected chi connectivity index (χ1v) is 15.0. The van der Waals surface area contributed by atoms with Gasteiger partial charge in [-0.2, -0.15) is 0 Å². The summed E-state index contributed by atoms with van der Waals surface area (Å²) in [4.78, 5) is 28.6. The van der Waals surface area contributed by atoms with Gasteiger partial charge in [0.15, 0.2) is 0 Å². The van der Waals surface area contributed by atoms with E-state index in [0.717, 1.165) is 41.1 Å². The van der Waals surface area contributed by atoms with Gasteiger partial charge in [0.1, 0.15) is 18.4 Å². The molecule has 3 aromatic rings. The fourth-order valence-electron chi connectivity index (χ4n) is 4.84. The summed E-state index contributed by atoms with van der Waals surface area (Å²) in [5, 5.41) is 3.04. The molecule has 0 bridgehead atoms. The molecule has 1 fully saturated rings. The molecule has 1 atom stereocenters. The number of nitrogens with zero attached hydrogens (tertiary/aromatic N) is 2. The molecule has 0 heterocycles. The van der Waals surface area contributed by atoms with E-state index in [4.69, 9.17) is 0 Å². The van der Waals surface area contributed by atoms with E-state index in [-0.39, 0.29) is 23.4 Å². The second kappa shape index (κ2) is 12.6. The zero-order valence-corrected chi connectivity index (χ0v) is 24.0. The lowest BCUT2D eigenvalue weighted by atomic mass is 10.1. The Morgan fingerprint density at radius 3 is 2.02 bits per heavy atom. The first-order chi connectivity index (χ1) is 19.0. The predicted octanol–water partition coefficient (Wildman–Crippen LogP) is 5.11. The molecule has 4 rings (SSSR count). The summed E-state index contributed by atoms with van der Waals surface area (Å²) in [6, 6.07) is 18.2. The molecular weight excluding hydrogens is 529 g/mol. The maximum atomic E-state index is 13.9. The Balaban J connectivity index is 1.67. The van der Waals surface area contributed by atoms with Crippen LogP contribution in [0.3, 0.4) is 0 Å². The highest BCUT2D eigenvalue weighted by atomic mass is 32.2. The normalized spacial score (nSPS) is 14.5. The van der Waals surface area contributed by atoms with Crippen LogP contribution in [0.2, 0.25) is 0 Å². The number of rotatable bonds is 10. The number of amides is 2. The number of halogens is 1. The zero-order chi connectivity index (χ0) is 28.9. The van der Waals surface area contributed by atoms with Crippen molar-refractivity contribution in [2.75, 3.05) is 10.8 Å². The van der Waals surface area contributed by atoms with Gasteiger partial charge in [-0.3, -0.25) is 13.9 Å². The molecule has 212 valence electrons. The highest BCUT2D eigenvalue weighted by molar-refractivity contribution is 7.92. The van der Waals surface area contributed by atoms with Gasteiger partial charge in [0.25, 0.3) is 10.0 Å². The van der Waals surface area contributed by atoms with E-state index in [9.17, 15) is 22.4 Å². The molecule has 0 aromatic heterocycles. The van der Waals surface area contributed by atoms with Crippen LogP contribution in [0.4, 0.5) is 10.1 Å². The Hall–Kier alpha value is -3.72. The van der Waals surface area contributed by atoms with Crippen LogP contribution in [0.25, 0.3) is 0 Å². The minimum absolute atomic E-state index is 0.0185. The second-order valence-electron chi connectivity index (χ2n) is 10.5. The minimum atomic E-state index is -4.12. The molecule has 1 aliphatic rings. The molecule has 3 aromatic carbocycles. The standard InChI is InChI=1S/C31H36FN3O4S/c1-22-8-16-28(17-9-22)35(40(38,39)29-18-10-23(2)11-19-29)21-30(36)34(20-25-12-14-26(32)15-13-25)24(3)31(37)33-27-6-4-5-7-27/h8-19,24,27H,4-7,20-21H2,1-3H3,(H,33,37)/t24-/m1/s1. The summed E-state index contributed by atoms with van der Waals surface area (Å²) < 4.78 is 42.4. The van der Waals surface area contributed by atoms with E-state index in [1.54, 1.807) is 55.5 Å². The third kappa shape index (κ3) is 7.07. The highest BCUT2D eigenvalue weighted by Gasteiger charge is 2.33. The minimum Gasteiger partial charge on any atom is -0.352 e. The van der Waals surface area contributed by atoms with Gasteiger partial charge in [-0.15, -0.1) is 0 Å². The molecular formula is C31H36FN3O4S. The van der Waals surface area contributed by atoms with E-state index in [2.05, 4.69) is 5.32 Å². The molecule has 40 heavy (non-hydrogen) atoms. The quantitative estimate of drug-likeness (QED) is 0.370. The Morgan fingerprint density at radius 2 is 1.45 bits per heavy atom. The number of hydrogen-bond acceptors (Lipinski definition) is 4. The van der Waals surface area contributed by atoms with Crippen molar-refractivity contribution in [1.29, 1.82) is 0 Å². The van der Waals surface area contributed by atoms with Crippen LogP contribution in [-0.4, -0.2) is 43.8 Å². The number of carbonyl (C=O) groups excluding carboxylic acids is 2. The van der Waals surface area contributed by atoms with Crippen molar-refractivity contribution in [3.05, 3.63) is 95.3 Å². The van der Waals surface area contributed by atoms with Crippen LogP contribution in [-0.2, 0) is 26.2 Å². The van der Waals surface area contributed by atoms with Crippen molar-refractivity contribution in [2.45, 2.75) is 70.0 Å². The fraction of sp³-hybridized carbons (Fsp3) is 0.355. The average Bonchev–Trinajstić information content (AvgIpc) is 3.44. The lowest BCUT2D eigenvalue weighted by Gasteiger charge is -2.32. The molecule has 0 radical (unpaired) electrons. The molecule has 0 saturated heterocycles. The number of benzene rings is 3. The Kier molecular flexibility index (Phi) is 9.25. The monoisotopic (exact) mass is 565 g/mol. The second-order valence-corrected chi connectivity index (χ2v) is 12.3. The Morgan fingerprint density at radius 1 is 0.900 bits per heavy atom. The predicted molar refractivity (Wildman–Crippen MR) is 154 cm³/mol. The Labute approximate surface area is 236 Å². The van der Waals surface area contributed by atoms with E-state index < -0.39 is 34.3 Å². The molecule has 2 amide bonds. The van der Waals surface area contributed by atoms with Crippen LogP contribution in [0, 0.1) is 19.7 Å². The van der Waals surface area contributed by atoms with Gasteiger partial charge in [0.2, 0.25) is 11.8 Å². The third-order valence-electron chi connectivity index (χ3n) is 7.34. The van der Waals surface area contributed by atoms with E-state index >= 15 is 0 Å². The summed E-state index contributed by atoms with van der Waals surface area (Å²) in [6.07, 6.45) is 3.86. The fourth-order valence-corrected chi connectivity index (χ4v) is 6.25. The van der Waals surface area contributed by atoms with Crippen LogP contribution in [0.15, 0.2) is 77.7 Å². The number of sulfonamides is 1. The largest absolute Gasteiger partial charge is 0.352 e. The van der Waals surface area contributed by atoms with Crippen LogP contribution < -0.4 is 9.62 Å². The van der Waals surface area contributed by atoms with Gasteiger partial charge in [0.05, 0.1) is 10.6 Å². The maximum absolute atomic E-state index is 13.9. The van der Waals surface area contributed by atoms with Gasteiger partial charge < -0.3 is 10.2 Å². The van der Waals surface area contributed by atoms with E-state index in [0.29, 0.717) is 11.3 Å². The van der Waals surface area contributed by atoms with Gasteiger partial charge in [-0.25, -0.2) is 12.8 Å². The van der Waals surface area contributed by atoms with Gasteiger partial charge in [-0.1, -0.05) is 60.4 Å². The van der Waals surface area contributed by atoms with Crippen LogP contribution in [0.5, 0.6) is 0 Å². The zero-order valence-electron chi connectivity index (χ0n) is 23.1. The van der Waals surface area contributed by atoms with Gasteiger partial charge >= 0.3 is 0 Å². The molecule has 0 spiro atoms. The molecule has 0 unspecified atom stereocenters. The summed E-state index contributed by atoms with van der Waals surface area (Å²) in [5.74, 6) is -1.26. The van der Waals surface area contributed by atoms with Crippen LogP contribution in [0.1, 0.15) is 49.3 Å². The van der Waals surface area contributed by atoms with E-state index in [1.165, 1.54) is 29.2 Å². The lowest BCUT2D eigenvalue weighted by molar-refractivity contribution is -0.139. The van der Waals surface area contributed by atoms with Crippen molar-refractivity contribution < 1.29 is 22.4 Å². The van der Waals surface area contributed by atoms with Crippen LogP contribution >= 0.6 is 0 Å². The van der Waals surface area contributed by atoms with Crippen molar-refractivity contribution in [1.82, 2.24) is 10.2 Å². The van der Waals surface area contributed by atoms with Crippen molar-refractivity contribution >= 4 is 27.5 Å². The first-order valence-electron chi connectivity index (χ1n) is 13.5.